The van der Waals surface area contributed by atoms with Crippen LogP contribution < -0.4 is 4.74 Å². The van der Waals surface area contributed by atoms with Gasteiger partial charge in [0, 0.05) is 16.5 Å². The second kappa shape index (κ2) is 5.09. The molecule has 0 spiro atoms. The molecule has 0 atom stereocenters. The number of ether oxygens (including phenoxy) is 1. The van der Waals surface area contributed by atoms with E-state index in [0.29, 0.717) is 5.75 Å². The molecule has 17 heavy (non-hydrogen) atoms. The third kappa shape index (κ3) is 2.71. The highest BCUT2D eigenvalue weighted by atomic mass is 79.9. The first kappa shape index (κ1) is 11.8. The molecule has 0 radical (unpaired) electrons. The van der Waals surface area contributed by atoms with E-state index in [2.05, 4.69) is 31.1 Å². The van der Waals surface area contributed by atoms with Gasteiger partial charge in [-0.2, -0.15) is 5.10 Å². The summed E-state index contributed by atoms with van der Waals surface area (Å²) in [4.78, 5) is 15.7. The van der Waals surface area contributed by atoms with E-state index in [9.17, 15) is 4.79 Å². The molecule has 1 heterocycles. The van der Waals surface area contributed by atoms with Gasteiger partial charge in [0.1, 0.15) is 12.1 Å². The molecule has 2 rings (SSSR count). The maximum absolute atomic E-state index is 11.9. The number of carbonyl (C=O) groups is 1. The lowest BCUT2D eigenvalue weighted by molar-refractivity contribution is 0.0982. The summed E-state index contributed by atoms with van der Waals surface area (Å²) in [6, 6.07) is 5.53. The number of aromatic nitrogens is 3. The van der Waals surface area contributed by atoms with Crippen LogP contribution in [0.1, 0.15) is 16.2 Å². The minimum Gasteiger partial charge on any atom is -0.496 e. The fourth-order valence-electron chi connectivity index (χ4n) is 1.48. The van der Waals surface area contributed by atoms with Crippen LogP contribution in [-0.2, 0) is 6.42 Å². The summed E-state index contributed by atoms with van der Waals surface area (Å²) in [5, 5.41) is 6.19. The number of rotatable bonds is 4. The molecule has 1 N–H and O–H groups in total. The Hall–Kier alpha value is -1.69. The van der Waals surface area contributed by atoms with E-state index in [4.69, 9.17) is 4.74 Å². The van der Waals surface area contributed by atoms with Crippen LogP contribution in [0.2, 0.25) is 0 Å². The van der Waals surface area contributed by atoms with Crippen molar-refractivity contribution in [3.05, 3.63) is 40.4 Å². The molecule has 0 amide bonds. The Morgan fingerprint density at radius 2 is 2.35 bits per heavy atom. The van der Waals surface area contributed by atoms with Crippen LogP contribution in [0.15, 0.2) is 29.0 Å². The number of carbonyl (C=O) groups excluding carboxylic acids is 1. The minimum absolute atomic E-state index is 0.126. The van der Waals surface area contributed by atoms with Crippen molar-refractivity contribution in [2.45, 2.75) is 6.42 Å². The summed E-state index contributed by atoms with van der Waals surface area (Å²) in [6.45, 7) is 0. The van der Waals surface area contributed by atoms with Crippen molar-refractivity contribution in [1.29, 1.82) is 0 Å². The van der Waals surface area contributed by atoms with Gasteiger partial charge in [-0.05, 0) is 18.2 Å². The number of nitrogens with zero attached hydrogens (tertiary/aromatic N) is 2. The monoisotopic (exact) mass is 295 g/mol. The van der Waals surface area contributed by atoms with Gasteiger partial charge in [0.25, 0.3) is 0 Å². The van der Waals surface area contributed by atoms with Gasteiger partial charge in [0.2, 0.25) is 5.78 Å². The zero-order chi connectivity index (χ0) is 12.3. The zero-order valence-corrected chi connectivity index (χ0v) is 10.7. The Balaban J connectivity index is 2.23. The van der Waals surface area contributed by atoms with Crippen LogP contribution in [0, 0.1) is 0 Å². The maximum Gasteiger partial charge on any atom is 0.204 e. The van der Waals surface area contributed by atoms with E-state index >= 15 is 0 Å². The number of ketones is 1. The topological polar surface area (TPSA) is 67.9 Å². The molecule has 0 saturated carbocycles. The number of H-pyrrole nitrogens is 1. The first-order valence-corrected chi connectivity index (χ1v) is 5.71. The SMILES string of the molecule is COc1ccc(Br)cc1CC(=O)c1ncn[nH]1. The number of halogens is 1. The second-order valence-corrected chi connectivity index (χ2v) is 4.31. The molecule has 0 saturated heterocycles. The average Bonchev–Trinajstić information content (AvgIpc) is 2.83. The van der Waals surface area contributed by atoms with Crippen molar-refractivity contribution >= 4 is 21.7 Å². The molecule has 0 aliphatic carbocycles. The number of Topliss-reactive ketones (excluding diaryl/α,β-unsaturated/α-hetero) is 1. The molecule has 0 unspecified atom stereocenters. The number of nitrogens with one attached hydrogen (secondary N) is 1. The predicted octanol–water partition coefficient (Wildman–Crippen LogP) is 2.00. The first-order valence-electron chi connectivity index (χ1n) is 4.91. The standard InChI is InChI=1S/C11H10BrN3O2/c1-17-10-3-2-8(12)4-7(10)5-9(16)11-13-6-14-15-11/h2-4,6H,5H2,1H3,(H,13,14,15). The Kier molecular flexibility index (Phi) is 3.53. The van der Waals surface area contributed by atoms with Crippen molar-refractivity contribution in [2.24, 2.45) is 0 Å². The third-order valence-corrected chi connectivity index (χ3v) is 2.77. The summed E-state index contributed by atoms with van der Waals surface area (Å²) >= 11 is 3.36. The summed E-state index contributed by atoms with van der Waals surface area (Å²) in [6.07, 6.45) is 1.53. The number of aromatic amines is 1. The molecule has 6 heteroatoms. The molecule has 1 aromatic heterocycles. The molecule has 0 fully saturated rings. The lowest BCUT2D eigenvalue weighted by Crippen LogP contribution is -2.07. The average molecular weight is 296 g/mol. The van der Waals surface area contributed by atoms with Crippen LogP contribution in [-0.4, -0.2) is 28.1 Å². The molecule has 2 aromatic rings. The van der Waals surface area contributed by atoms with Gasteiger partial charge in [0.15, 0.2) is 5.82 Å². The van der Waals surface area contributed by atoms with Crippen LogP contribution >= 0.6 is 15.9 Å². The van der Waals surface area contributed by atoms with Crippen LogP contribution in [0.5, 0.6) is 5.75 Å². The smallest absolute Gasteiger partial charge is 0.204 e. The maximum atomic E-state index is 11.9. The largest absolute Gasteiger partial charge is 0.496 e. The molecule has 5 nitrogen and oxygen atoms in total. The van der Waals surface area contributed by atoms with Gasteiger partial charge < -0.3 is 4.74 Å². The minimum atomic E-state index is -0.126. The van der Waals surface area contributed by atoms with Gasteiger partial charge >= 0.3 is 0 Å². The number of hydrogen-bond donors (Lipinski definition) is 1. The van der Waals surface area contributed by atoms with Crippen molar-refractivity contribution in [2.75, 3.05) is 7.11 Å². The van der Waals surface area contributed by atoms with Crippen LogP contribution in [0.25, 0.3) is 0 Å². The van der Waals surface area contributed by atoms with Crippen molar-refractivity contribution < 1.29 is 9.53 Å². The van der Waals surface area contributed by atoms with Crippen LogP contribution in [0.3, 0.4) is 0 Å². The van der Waals surface area contributed by atoms with Crippen molar-refractivity contribution in [3.63, 3.8) is 0 Å². The predicted molar refractivity (Wildman–Crippen MR) is 65.1 cm³/mol. The quantitative estimate of drug-likeness (QED) is 0.876. The number of methoxy groups -OCH3 is 1. The zero-order valence-electron chi connectivity index (χ0n) is 9.11. The Morgan fingerprint density at radius 1 is 1.53 bits per heavy atom. The van der Waals surface area contributed by atoms with Gasteiger partial charge in [-0.25, -0.2) is 4.98 Å². The molecular formula is C11H10BrN3O2. The van der Waals surface area contributed by atoms with E-state index in [-0.39, 0.29) is 18.0 Å². The second-order valence-electron chi connectivity index (χ2n) is 3.39. The molecule has 0 aliphatic heterocycles. The molecule has 0 aliphatic rings. The van der Waals surface area contributed by atoms with E-state index in [0.717, 1.165) is 10.0 Å². The van der Waals surface area contributed by atoms with E-state index in [1.807, 2.05) is 18.2 Å². The Labute approximate surface area is 106 Å². The summed E-state index contributed by atoms with van der Waals surface area (Å²) in [7, 11) is 1.58. The summed E-state index contributed by atoms with van der Waals surface area (Å²) in [5.74, 6) is 0.812. The number of benzene rings is 1. The van der Waals surface area contributed by atoms with Crippen molar-refractivity contribution in [3.8, 4) is 5.75 Å². The third-order valence-electron chi connectivity index (χ3n) is 2.27. The number of hydrogen-bond acceptors (Lipinski definition) is 4. The normalized spacial score (nSPS) is 10.2. The van der Waals surface area contributed by atoms with Crippen molar-refractivity contribution in [1.82, 2.24) is 15.2 Å². The first-order chi connectivity index (χ1) is 8.20. The fourth-order valence-corrected chi connectivity index (χ4v) is 1.89. The summed E-state index contributed by atoms with van der Waals surface area (Å²) in [5.41, 5.74) is 0.809. The lowest BCUT2D eigenvalue weighted by atomic mass is 10.1. The molecule has 1 aromatic carbocycles. The molecular weight excluding hydrogens is 286 g/mol. The lowest BCUT2D eigenvalue weighted by Gasteiger charge is -2.07. The highest BCUT2D eigenvalue weighted by Gasteiger charge is 2.13. The Bertz CT molecular complexity index is 526. The fraction of sp³-hybridized carbons (Fsp3) is 0.182. The van der Waals surface area contributed by atoms with E-state index < -0.39 is 0 Å². The van der Waals surface area contributed by atoms with Crippen LogP contribution in [0.4, 0.5) is 0 Å². The highest BCUT2D eigenvalue weighted by molar-refractivity contribution is 9.10. The van der Waals surface area contributed by atoms with Gasteiger partial charge in [-0.15, -0.1) is 0 Å². The highest BCUT2D eigenvalue weighted by Crippen LogP contribution is 2.23. The van der Waals surface area contributed by atoms with Gasteiger partial charge in [-0.1, -0.05) is 15.9 Å². The Morgan fingerprint density at radius 3 is 3.00 bits per heavy atom. The van der Waals surface area contributed by atoms with Gasteiger partial charge in [-0.3, -0.25) is 9.89 Å². The summed E-state index contributed by atoms with van der Waals surface area (Å²) < 4.78 is 6.10. The van der Waals surface area contributed by atoms with E-state index in [1.165, 1.54) is 6.33 Å². The molecule has 0 bridgehead atoms. The molecule has 88 valence electrons. The van der Waals surface area contributed by atoms with E-state index in [1.54, 1.807) is 7.11 Å². The van der Waals surface area contributed by atoms with Gasteiger partial charge in [0.05, 0.1) is 7.11 Å².